The van der Waals surface area contributed by atoms with E-state index >= 15 is 0 Å². The molecule has 6 nitrogen and oxygen atoms in total. The topological polar surface area (TPSA) is 75.7 Å². The molecule has 1 aliphatic heterocycles. The van der Waals surface area contributed by atoms with Crippen molar-refractivity contribution in [2.75, 3.05) is 17.1 Å². The van der Waals surface area contributed by atoms with Crippen molar-refractivity contribution in [1.82, 2.24) is 5.32 Å². The molecular formula is C24H32N2O4S. The standard InChI is InChI=1S/C24H32N2O4S/c1-15-8-9-18(12-16(15)2)17(3)25-23(27)22-14-26(31(7,28)29)20-13-19(24(4,5)6)10-11-21(20)30-22/h8-13,17,22H,14H2,1-7H3,(H,25,27). The van der Waals surface area contributed by atoms with Crippen molar-refractivity contribution in [2.45, 2.75) is 59.1 Å². The predicted octanol–water partition coefficient (Wildman–Crippen LogP) is 4.01. The number of benzene rings is 2. The highest BCUT2D eigenvalue weighted by Crippen LogP contribution is 2.38. The number of anilines is 1. The molecule has 3 rings (SSSR count). The molecule has 1 heterocycles. The molecule has 1 aliphatic rings. The molecule has 2 aromatic carbocycles. The second-order valence-electron chi connectivity index (χ2n) is 9.41. The van der Waals surface area contributed by atoms with Crippen molar-refractivity contribution >= 4 is 21.6 Å². The second-order valence-corrected chi connectivity index (χ2v) is 11.3. The van der Waals surface area contributed by atoms with Gasteiger partial charge in [0.2, 0.25) is 10.0 Å². The van der Waals surface area contributed by atoms with Crippen LogP contribution in [0.15, 0.2) is 36.4 Å². The Bertz CT molecular complexity index is 1100. The van der Waals surface area contributed by atoms with Crippen LogP contribution in [0.2, 0.25) is 0 Å². The lowest BCUT2D eigenvalue weighted by atomic mass is 9.86. The summed E-state index contributed by atoms with van der Waals surface area (Å²) in [6, 6.07) is 11.3. The van der Waals surface area contributed by atoms with Gasteiger partial charge in [-0.15, -0.1) is 0 Å². The van der Waals surface area contributed by atoms with Crippen LogP contribution < -0.4 is 14.4 Å². The molecule has 1 N–H and O–H groups in total. The summed E-state index contributed by atoms with van der Waals surface area (Å²) < 4.78 is 32.3. The van der Waals surface area contributed by atoms with Gasteiger partial charge in [0.05, 0.1) is 24.5 Å². The van der Waals surface area contributed by atoms with E-state index in [0.29, 0.717) is 11.4 Å². The molecule has 0 spiro atoms. The molecule has 0 bridgehead atoms. The van der Waals surface area contributed by atoms with Gasteiger partial charge in [-0.3, -0.25) is 9.10 Å². The molecule has 2 aromatic rings. The molecule has 168 valence electrons. The van der Waals surface area contributed by atoms with Crippen LogP contribution in [0.4, 0.5) is 5.69 Å². The molecular weight excluding hydrogens is 412 g/mol. The van der Waals surface area contributed by atoms with Gasteiger partial charge in [-0.2, -0.15) is 0 Å². The van der Waals surface area contributed by atoms with Crippen LogP contribution in [0, 0.1) is 13.8 Å². The van der Waals surface area contributed by atoms with Crippen molar-refractivity contribution in [3.05, 3.63) is 58.7 Å². The third-order valence-corrected chi connectivity index (χ3v) is 6.92. The highest BCUT2D eigenvalue weighted by molar-refractivity contribution is 7.92. The Labute approximate surface area is 185 Å². The first-order valence-corrected chi connectivity index (χ1v) is 12.3. The summed E-state index contributed by atoms with van der Waals surface area (Å²) in [5.74, 6) is 0.0496. The summed E-state index contributed by atoms with van der Waals surface area (Å²) in [6.45, 7) is 12.1. The van der Waals surface area contributed by atoms with Gasteiger partial charge in [0, 0.05) is 0 Å². The van der Waals surface area contributed by atoms with Crippen molar-refractivity contribution in [1.29, 1.82) is 0 Å². The predicted molar refractivity (Wildman–Crippen MR) is 124 cm³/mol. The van der Waals surface area contributed by atoms with E-state index in [2.05, 4.69) is 26.1 Å². The SMILES string of the molecule is Cc1ccc(C(C)NC(=O)C2CN(S(C)(=O)=O)c3cc(C(C)(C)C)ccc3O2)cc1C. The quantitative estimate of drug-likeness (QED) is 0.773. The van der Waals surface area contributed by atoms with Crippen LogP contribution in [0.5, 0.6) is 5.75 Å². The lowest BCUT2D eigenvalue weighted by molar-refractivity contribution is -0.128. The average Bonchev–Trinajstić information content (AvgIpc) is 2.67. The van der Waals surface area contributed by atoms with Crippen LogP contribution in [-0.4, -0.2) is 33.2 Å². The number of rotatable bonds is 4. The highest BCUT2D eigenvalue weighted by Gasteiger charge is 2.36. The van der Waals surface area contributed by atoms with E-state index in [1.54, 1.807) is 6.07 Å². The molecule has 0 radical (unpaired) electrons. The van der Waals surface area contributed by atoms with Gasteiger partial charge >= 0.3 is 0 Å². The highest BCUT2D eigenvalue weighted by atomic mass is 32.2. The van der Waals surface area contributed by atoms with Crippen molar-refractivity contribution < 1.29 is 17.9 Å². The molecule has 0 saturated heterocycles. The van der Waals surface area contributed by atoms with E-state index in [1.807, 2.05) is 51.1 Å². The molecule has 0 fully saturated rings. The normalized spacial score (nSPS) is 17.5. The fourth-order valence-electron chi connectivity index (χ4n) is 3.59. The molecule has 1 amide bonds. The van der Waals surface area contributed by atoms with Gasteiger partial charge in [-0.05, 0) is 60.6 Å². The molecule has 2 atom stereocenters. The van der Waals surface area contributed by atoms with Crippen LogP contribution in [0.1, 0.15) is 56.0 Å². The summed E-state index contributed by atoms with van der Waals surface area (Å²) in [7, 11) is -3.59. The van der Waals surface area contributed by atoms with Crippen molar-refractivity contribution in [3.63, 3.8) is 0 Å². The first-order valence-electron chi connectivity index (χ1n) is 10.4. The maximum atomic E-state index is 13.0. The van der Waals surface area contributed by atoms with Crippen molar-refractivity contribution in [2.24, 2.45) is 0 Å². The van der Waals surface area contributed by atoms with Gasteiger partial charge in [0.25, 0.3) is 5.91 Å². The van der Waals surface area contributed by atoms with Gasteiger partial charge in [-0.1, -0.05) is 45.0 Å². The van der Waals surface area contributed by atoms with E-state index in [1.165, 1.54) is 9.87 Å². The molecule has 0 aromatic heterocycles. The fourth-order valence-corrected chi connectivity index (χ4v) is 4.50. The summed E-state index contributed by atoms with van der Waals surface area (Å²) in [5.41, 5.74) is 4.65. The number of hydrogen-bond acceptors (Lipinski definition) is 4. The Kier molecular flexibility index (Phi) is 6.11. The summed E-state index contributed by atoms with van der Waals surface area (Å²) in [6.07, 6.45) is 0.218. The number of carbonyl (C=O) groups excluding carboxylic acids is 1. The third-order valence-electron chi connectivity index (χ3n) is 5.78. The van der Waals surface area contributed by atoms with E-state index in [-0.39, 0.29) is 23.9 Å². The number of ether oxygens (including phenoxy) is 1. The molecule has 0 saturated carbocycles. The lowest BCUT2D eigenvalue weighted by Crippen LogP contribution is -2.50. The van der Waals surface area contributed by atoms with E-state index in [9.17, 15) is 13.2 Å². The number of carbonyl (C=O) groups is 1. The second kappa shape index (κ2) is 8.19. The monoisotopic (exact) mass is 444 g/mol. The van der Waals surface area contributed by atoms with Crippen molar-refractivity contribution in [3.8, 4) is 5.75 Å². The van der Waals surface area contributed by atoms with Gasteiger partial charge in [-0.25, -0.2) is 8.42 Å². The Morgan fingerprint density at radius 2 is 1.81 bits per heavy atom. The number of nitrogens with one attached hydrogen (secondary N) is 1. The zero-order chi connectivity index (χ0) is 23.1. The fraction of sp³-hybridized carbons (Fsp3) is 0.458. The first-order chi connectivity index (χ1) is 14.3. The average molecular weight is 445 g/mol. The minimum Gasteiger partial charge on any atom is -0.476 e. The lowest BCUT2D eigenvalue weighted by Gasteiger charge is -2.35. The third kappa shape index (κ3) is 5.03. The zero-order valence-electron chi connectivity index (χ0n) is 19.3. The van der Waals surface area contributed by atoms with Gasteiger partial charge < -0.3 is 10.1 Å². The Hall–Kier alpha value is -2.54. The summed E-state index contributed by atoms with van der Waals surface area (Å²) in [5, 5.41) is 2.97. The summed E-state index contributed by atoms with van der Waals surface area (Å²) >= 11 is 0. The van der Waals surface area contributed by atoms with Crippen LogP contribution >= 0.6 is 0 Å². The number of hydrogen-bond donors (Lipinski definition) is 1. The smallest absolute Gasteiger partial charge is 0.263 e. The number of nitrogens with zero attached hydrogens (tertiary/aromatic N) is 1. The van der Waals surface area contributed by atoms with Crippen LogP contribution in [0.25, 0.3) is 0 Å². The van der Waals surface area contributed by atoms with E-state index in [0.717, 1.165) is 22.9 Å². The Morgan fingerprint density at radius 3 is 2.39 bits per heavy atom. The number of sulfonamides is 1. The van der Waals surface area contributed by atoms with E-state index < -0.39 is 16.1 Å². The largest absolute Gasteiger partial charge is 0.476 e. The minimum absolute atomic E-state index is 0.0646. The first kappa shape index (κ1) is 23.1. The molecule has 2 unspecified atom stereocenters. The number of aryl methyl sites for hydroxylation is 2. The van der Waals surface area contributed by atoms with Crippen LogP contribution in [-0.2, 0) is 20.2 Å². The van der Waals surface area contributed by atoms with Gasteiger partial charge in [0.1, 0.15) is 5.75 Å². The number of fused-ring (bicyclic) bond motifs is 1. The minimum atomic E-state index is -3.59. The maximum absolute atomic E-state index is 13.0. The summed E-state index contributed by atoms with van der Waals surface area (Å²) in [4.78, 5) is 13.0. The van der Waals surface area contributed by atoms with E-state index in [4.69, 9.17) is 4.74 Å². The molecule has 0 aliphatic carbocycles. The molecule has 7 heteroatoms. The van der Waals surface area contributed by atoms with Gasteiger partial charge in [0.15, 0.2) is 6.10 Å². The molecule has 31 heavy (non-hydrogen) atoms. The van der Waals surface area contributed by atoms with Crippen LogP contribution in [0.3, 0.4) is 0 Å². The number of amides is 1. The zero-order valence-corrected chi connectivity index (χ0v) is 20.1. The maximum Gasteiger partial charge on any atom is 0.263 e. The Balaban J connectivity index is 1.86. The Morgan fingerprint density at radius 1 is 1.13 bits per heavy atom.